The highest BCUT2D eigenvalue weighted by Gasteiger charge is 2.20. The number of ether oxygens (including phenoxy) is 3. The van der Waals surface area contributed by atoms with Gasteiger partial charge < -0.3 is 28.9 Å². The second kappa shape index (κ2) is 89.0. The molecule has 15 heteroatoms. The zero-order valence-corrected chi connectivity index (χ0v) is 79.0. The van der Waals surface area contributed by atoms with E-state index in [9.17, 15) is 28.8 Å². The van der Waals surface area contributed by atoms with Gasteiger partial charge in [0, 0.05) is 19.6 Å². The predicted molar refractivity (Wildman–Crippen MR) is 502 cm³/mol. The van der Waals surface area contributed by atoms with Crippen molar-refractivity contribution in [3.63, 3.8) is 0 Å². The minimum absolute atomic E-state index is 0.193. The molecule has 0 aliphatic rings. The van der Waals surface area contributed by atoms with Gasteiger partial charge in [-0.15, -0.1) is 0 Å². The first-order valence-corrected chi connectivity index (χ1v) is 52.1. The largest absolute Gasteiger partial charge is 0.464 e. The van der Waals surface area contributed by atoms with Crippen molar-refractivity contribution < 1.29 is 28.6 Å². The number of unbranched alkanes of at least 4 members (excludes halogenated alkanes) is 66. The molecule has 0 N–H and O–H groups in total. The summed E-state index contributed by atoms with van der Waals surface area (Å²) in [6.07, 6.45) is 93.8. The van der Waals surface area contributed by atoms with E-state index in [2.05, 4.69) is 56.2 Å². The Balaban J connectivity index is 3.29. The molecule has 0 saturated heterocycles. The summed E-state index contributed by atoms with van der Waals surface area (Å²) in [4.78, 5) is 91.6. The van der Waals surface area contributed by atoms with Crippen molar-refractivity contribution in [2.75, 3.05) is 78.7 Å². The lowest BCUT2D eigenvalue weighted by molar-refractivity contribution is -0.145. The summed E-state index contributed by atoms with van der Waals surface area (Å²) in [5, 5.41) is 0. The van der Waals surface area contributed by atoms with Crippen LogP contribution < -0.4 is 17.1 Å². The SMILES string of the molecule is CCCCCCCCCCCCCCN(CCCCCCCCCCCCCC)CCC(=O)OCCn1c(=O)n(CCOC(=O)CCN(CCCCCCCCCCCCCC)CCCCCCCCCCCCCC)c(=O)n(CCOC(=O)CCN(CCCCCCCCCCCCCC)CCCCCCCCCCCCCC)c1=O. The molecular weight excluding hydrogens is 1450 g/mol. The summed E-state index contributed by atoms with van der Waals surface area (Å²) in [7, 11) is 0. The molecular formula is C102H198N6O9. The van der Waals surface area contributed by atoms with Crippen LogP contribution in [0.2, 0.25) is 0 Å². The zero-order valence-electron chi connectivity index (χ0n) is 79.0. The van der Waals surface area contributed by atoms with Gasteiger partial charge in [-0.1, -0.05) is 465 Å². The third-order valence-corrected chi connectivity index (χ3v) is 25.0. The Kier molecular flexibility index (Phi) is 85.0. The van der Waals surface area contributed by atoms with Gasteiger partial charge in [0.15, 0.2) is 0 Å². The van der Waals surface area contributed by atoms with Crippen LogP contribution in [0.1, 0.15) is 523 Å². The lowest BCUT2D eigenvalue weighted by atomic mass is 10.0. The fraction of sp³-hybridized carbons (Fsp3) is 0.941. The van der Waals surface area contributed by atoms with E-state index in [0.717, 1.165) is 91.5 Å². The van der Waals surface area contributed by atoms with E-state index in [4.69, 9.17) is 14.2 Å². The molecule has 0 unspecified atom stereocenters. The highest BCUT2D eigenvalue weighted by atomic mass is 16.5. The molecule has 1 aromatic heterocycles. The van der Waals surface area contributed by atoms with Gasteiger partial charge in [0.05, 0.1) is 38.9 Å². The Bertz CT molecular complexity index is 2090. The van der Waals surface area contributed by atoms with E-state index < -0.39 is 35.0 Å². The molecule has 0 aliphatic carbocycles. The molecule has 117 heavy (non-hydrogen) atoms. The Hall–Kier alpha value is -3.30. The minimum atomic E-state index is -0.862. The van der Waals surface area contributed by atoms with Crippen molar-refractivity contribution in [2.24, 2.45) is 0 Å². The van der Waals surface area contributed by atoms with Crippen LogP contribution in [0.5, 0.6) is 0 Å². The van der Waals surface area contributed by atoms with E-state index in [-0.39, 0.29) is 58.7 Å². The van der Waals surface area contributed by atoms with Gasteiger partial charge in [-0.2, -0.15) is 0 Å². The van der Waals surface area contributed by atoms with Crippen LogP contribution in [0.15, 0.2) is 14.4 Å². The van der Waals surface area contributed by atoms with Crippen molar-refractivity contribution in [2.45, 2.75) is 543 Å². The lowest BCUT2D eigenvalue weighted by Gasteiger charge is -2.22. The van der Waals surface area contributed by atoms with Gasteiger partial charge in [0.2, 0.25) is 0 Å². The smallest absolute Gasteiger partial charge is 0.336 e. The van der Waals surface area contributed by atoms with E-state index in [0.29, 0.717) is 19.6 Å². The van der Waals surface area contributed by atoms with Gasteiger partial charge in [0.25, 0.3) is 0 Å². The van der Waals surface area contributed by atoms with Crippen LogP contribution in [0.3, 0.4) is 0 Å². The van der Waals surface area contributed by atoms with Crippen molar-refractivity contribution >= 4 is 17.9 Å². The van der Waals surface area contributed by atoms with E-state index in [1.807, 2.05) is 0 Å². The molecule has 0 aromatic carbocycles. The molecule has 690 valence electrons. The molecule has 15 nitrogen and oxygen atoms in total. The molecule has 1 heterocycles. The second-order valence-electron chi connectivity index (χ2n) is 36.1. The zero-order chi connectivity index (χ0) is 84.7. The summed E-state index contributed by atoms with van der Waals surface area (Å²) >= 11 is 0. The third-order valence-electron chi connectivity index (χ3n) is 25.0. The molecule has 0 fully saturated rings. The second-order valence-corrected chi connectivity index (χ2v) is 36.1. The summed E-state index contributed by atoms with van der Waals surface area (Å²) in [6, 6.07) is 0. The predicted octanol–water partition coefficient (Wildman–Crippen LogP) is 28.1. The Morgan fingerprint density at radius 2 is 0.308 bits per heavy atom. The third kappa shape index (κ3) is 72.8. The van der Waals surface area contributed by atoms with Gasteiger partial charge in [0.1, 0.15) is 19.8 Å². The number of hydrogen-bond donors (Lipinski definition) is 0. The number of rotatable bonds is 96. The summed E-state index contributed by atoms with van der Waals surface area (Å²) in [5.74, 6) is -1.19. The lowest BCUT2D eigenvalue weighted by Crippen LogP contribution is -2.55. The van der Waals surface area contributed by atoms with Crippen LogP contribution in [-0.4, -0.2) is 125 Å². The maximum Gasteiger partial charge on any atom is 0.336 e. The van der Waals surface area contributed by atoms with Crippen molar-refractivity contribution in [3.05, 3.63) is 31.5 Å². The molecule has 0 amide bonds. The number of carbonyl (C=O) groups is 3. The highest BCUT2D eigenvalue weighted by Crippen LogP contribution is 2.21. The maximum atomic E-state index is 14.4. The fourth-order valence-corrected chi connectivity index (χ4v) is 17.0. The normalized spacial score (nSPS) is 11.8. The first kappa shape index (κ1) is 112. The van der Waals surface area contributed by atoms with Crippen LogP contribution in [0.25, 0.3) is 0 Å². The van der Waals surface area contributed by atoms with Gasteiger partial charge in [-0.05, 0) is 77.8 Å². The van der Waals surface area contributed by atoms with Crippen molar-refractivity contribution in [1.82, 2.24) is 28.4 Å². The average molecular weight is 1650 g/mol. The van der Waals surface area contributed by atoms with Crippen LogP contribution in [-0.2, 0) is 48.2 Å². The maximum absolute atomic E-state index is 14.4. The standard InChI is InChI=1S/C102H198N6O9/c1-7-13-19-25-31-37-43-49-55-61-67-73-82-103(83-74-68-62-56-50-44-38-32-26-20-14-8-2)88-79-97(109)115-94-91-106-100(112)107(92-95-116-98(110)80-89-104(84-75-69-63-57-51-45-39-33-27-21-15-9-3)85-76-70-64-58-52-46-40-34-28-22-16-10-4)102(114)108(101(106)113)93-96-117-99(111)81-90-105(86-77-71-65-59-53-47-41-35-29-23-17-11-5)87-78-72-66-60-54-48-42-36-30-24-18-12-6/h7-96H2,1-6H3. The summed E-state index contributed by atoms with van der Waals surface area (Å²) < 4.78 is 20.3. The van der Waals surface area contributed by atoms with Gasteiger partial charge >= 0.3 is 35.0 Å². The van der Waals surface area contributed by atoms with E-state index in [1.54, 1.807) is 0 Å². The number of carbonyl (C=O) groups excluding carboxylic acids is 3. The molecule has 0 saturated carbocycles. The molecule has 0 atom stereocenters. The fourth-order valence-electron chi connectivity index (χ4n) is 17.0. The molecule has 1 rings (SSSR count). The number of nitrogens with zero attached hydrogens (tertiary/aromatic N) is 6. The number of esters is 3. The Morgan fingerprint density at radius 3 is 0.436 bits per heavy atom. The topological polar surface area (TPSA) is 155 Å². The van der Waals surface area contributed by atoms with Gasteiger partial charge in [-0.25, -0.2) is 28.1 Å². The van der Waals surface area contributed by atoms with Gasteiger partial charge in [-0.3, -0.25) is 14.4 Å². The van der Waals surface area contributed by atoms with E-state index >= 15 is 0 Å². The molecule has 0 bridgehead atoms. The van der Waals surface area contributed by atoms with Crippen LogP contribution >= 0.6 is 0 Å². The first-order valence-electron chi connectivity index (χ1n) is 52.1. The average Bonchev–Trinajstić information content (AvgIpc) is 0.786. The molecule has 0 aliphatic heterocycles. The summed E-state index contributed by atoms with van der Waals surface area (Å²) in [6.45, 7) is 19.5. The molecule has 0 spiro atoms. The molecule has 1 aromatic rings. The quantitative estimate of drug-likeness (QED) is 0.0346. The minimum Gasteiger partial charge on any atom is -0.464 e. The Labute approximate surface area is 723 Å². The monoisotopic (exact) mass is 1650 g/mol. The highest BCUT2D eigenvalue weighted by molar-refractivity contribution is 5.70. The van der Waals surface area contributed by atoms with Crippen molar-refractivity contribution in [3.8, 4) is 0 Å². The number of aromatic nitrogens is 3. The van der Waals surface area contributed by atoms with Crippen LogP contribution in [0, 0.1) is 0 Å². The summed E-state index contributed by atoms with van der Waals surface area (Å²) in [5.41, 5.74) is -2.59. The van der Waals surface area contributed by atoms with Crippen molar-refractivity contribution in [1.29, 1.82) is 0 Å². The first-order chi connectivity index (χ1) is 57.6. The molecule has 0 radical (unpaired) electrons. The Morgan fingerprint density at radius 1 is 0.188 bits per heavy atom. The van der Waals surface area contributed by atoms with Crippen LogP contribution in [0.4, 0.5) is 0 Å². The number of hydrogen-bond acceptors (Lipinski definition) is 12. The van der Waals surface area contributed by atoms with E-state index in [1.165, 1.54) is 424 Å².